The van der Waals surface area contributed by atoms with E-state index in [1.54, 1.807) is 12.1 Å². The standard InChI is InChI=1S/C5H5NO2S/c6-9-5(7)4-2-1-3-8-4/h1-3H,6H2. The average molecular weight is 143 g/mol. The molecule has 1 heterocycles. The van der Waals surface area contributed by atoms with Crippen LogP contribution in [0.4, 0.5) is 0 Å². The Morgan fingerprint density at radius 3 is 3.00 bits per heavy atom. The highest BCUT2D eigenvalue weighted by Crippen LogP contribution is 2.06. The molecule has 1 rings (SSSR count). The van der Waals surface area contributed by atoms with Gasteiger partial charge in [-0.05, 0) is 24.1 Å². The van der Waals surface area contributed by atoms with Gasteiger partial charge in [0.2, 0.25) is 0 Å². The zero-order valence-electron chi connectivity index (χ0n) is 4.53. The molecule has 0 saturated carbocycles. The monoisotopic (exact) mass is 143 g/mol. The van der Waals surface area contributed by atoms with E-state index in [0.29, 0.717) is 17.7 Å². The second-order valence-electron chi connectivity index (χ2n) is 1.38. The van der Waals surface area contributed by atoms with Gasteiger partial charge in [0.25, 0.3) is 5.12 Å². The molecule has 0 radical (unpaired) electrons. The van der Waals surface area contributed by atoms with E-state index < -0.39 is 0 Å². The summed E-state index contributed by atoms with van der Waals surface area (Å²) in [6.07, 6.45) is 1.43. The van der Waals surface area contributed by atoms with Crippen molar-refractivity contribution in [3.8, 4) is 0 Å². The maximum Gasteiger partial charge on any atom is 0.269 e. The van der Waals surface area contributed by atoms with Crippen LogP contribution in [0.3, 0.4) is 0 Å². The molecule has 0 fully saturated rings. The molecule has 0 atom stereocenters. The Morgan fingerprint density at radius 1 is 1.78 bits per heavy atom. The Kier molecular flexibility index (Phi) is 1.92. The highest BCUT2D eigenvalue weighted by molar-refractivity contribution is 8.12. The van der Waals surface area contributed by atoms with Crippen molar-refractivity contribution in [2.24, 2.45) is 5.14 Å². The van der Waals surface area contributed by atoms with E-state index in [4.69, 9.17) is 9.56 Å². The summed E-state index contributed by atoms with van der Waals surface area (Å²) >= 11 is 0.650. The summed E-state index contributed by atoms with van der Waals surface area (Å²) in [5.41, 5.74) is 0. The molecular formula is C5H5NO2S. The predicted octanol–water partition coefficient (Wildman–Crippen LogP) is 1.03. The van der Waals surface area contributed by atoms with Crippen molar-refractivity contribution >= 4 is 17.1 Å². The van der Waals surface area contributed by atoms with E-state index in [0.717, 1.165) is 0 Å². The van der Waals surface area contributed by atoms with Crippen molar-refractivity contribution in [3.63, 3.8) is 0 Å². The fourth-order valence-electron chi connectivity index (χ4n) is 0.453. The first-order valence-electron chi connectivity index (χ1n) is 2.29. The second kappa shape index (κ2) is 2.70. The molecule has 0 bridgehead atoms. The summed E-state index contributed by atoms with van der Waals surface area (Å²) in [6, 6.07) is 3.21. The Labute approximate surface area is 56.4 Å². The van der Waals surface area contributed by atoms with Crippen LogP contribution in [-0.4, -0.2) is 5.12 Å². The third-order valence-electron chi connectivity index (χ3n) is 0.829. The Balaban J connectivity index is 2.77. The van der Waals surface area contributed by atoms with E-state index in [1.165, 1.54) is 6.26 Å². The van der Waals surface area contributed by atoms with Gasteiger partial charge < -0.3 is 4.42 Å². The summed E-state index contributed by atoms with van der Waals surface area (Å²) in [5, 5.41) is 4.72. The van der Waals surface area contributed by atoms with Gasteiger partial charge in [0.1, 0.15) is 0 Å². The first-order chi connectivity index (χ1) is 4.34. The average Bonchev–Trinajstić information content (AvgIpc) is 2.37. The maximum atomic E-state index is 10.6. The van der Waals surface area contributed by atoms with Crippen LogP contribution in [0.2, 0.25) is 0 Å². The number of carbonyl (C=O) groups is 1. The molecule has 1 aromatic heterocycles. The van der Waals surface area contributed by atoms with Crippen LogP contribution in [0.5, 0.6) is 0 Å². The lowest BCUT2D eigenvalue weighted by molar-refractivity contribution is 0.106. The number of hydrogen-bond donors (Lipinski definition) is 1. The smallest absolute Gasteiger partial charge is 0.269 e. The molecule has 9 heavy (non-hydrogen) atoms. The lowest BCUT2D eigenvalue weighted by Crippen LogP contribution is -1.93. The maximum absolute atomic E-state index is 10.6. The lowest BCUT2D eigenvalue weighted by Gasteiger charge is -1.85. The van der Waals surface area contributed by atoms with Crippen LogP contribution in [0.15, 0.2) is 22.8 Å². The number of hydrogen-bond acceptors (Lipinski definition) is 4. The topological polar surface area (TPSA) is 56.2 Å². The van der Waals surface area contributed by atoms with Crippen molar-refractivity contribution < 1.29 is 9.21 Å². The number of rotatable bonds is 1. The van der Waals surface area contributed by atoms with Crippen molar-refractivity contribution in [2.75, 3.05) is 0 Å². The molecular weight excluding hydrogens is 138 g/mol. The first kappa shape index (κ1) is 6.38. The predicted molar refractivity (Wildman–Crippen MR) is 34.8 cm³/mol. The summed E-state index contributed by atoms with van der Waals surface area (Å²) in [5.74, 6) is 0.294. The molecule has 0 saturated heterocycles. The molecule has 48 valence electrons. The molecule has 0 unspecified atom stereocenters. The van der Waals surface area contributed by atoms with Crippen molar-refractivity contribution in [2.45, 2.75) is 0 Å². The molecule has 0 aliphatic heterocycles. The van der Waals surface area contributed by atoms with E-state index in [-0.39, 0.29) is 5.12 Å². The fourth-order valence-corrected chi connectivity index (χ4v) is 0.685. The second-order valence-corrected chi connectivity index (χ2v) is 1.99. The fraction of sp³-hybridized carbons (Fsp3) is 0. The van der Waals surface area contributed by atoms with Crippen LogP contribution in [0.25, 0.3) is 0 Å². The van der Waals surface area contributed by atoms with E-state index in [1.807, 2.05) is 0 Å². The first-order valence-corrected chi connectivity index (χ1v) is 3.17. The Hall–Kier alpha value is -0.740. The Bertz CT molecular complexity index is 195. The normalized spacial score (nSPS) is 9.44. The van der Waals surface area contributed by atoms with Gasteiger partial charge >= 0.3 is 0 Å². The molecule has 0 aromatic carbocycles. The van der Waals surface area contributed by atoms with Gasteiger partial charge in [-0.1, -0.05) is 0 Å². The zero-order valence-corrected chi connectivity index (χ0v) is 5.35. The molecule has 0 spiro atoms. The molecule has 0 aliphatic rings. The molecule has 4 heteroatoms. The largest absolute Gasteiger partial charge is 0.460 e. The highest BCUT2D eigenvalue weighted by atomic mass is 32.2. The van der Waals surface area contributed by atoms with Crippen LogP contribution in [-0.2, 0) is 0 Å². The summed E-state index contributed by atoms with van der Waals surface area (Å²) in [7, 11) is 0. The molecule has 0 amide bonds. The molecule has 3 nitrogen and oxygen atoms in total. The summed E-state index contributed by atoms with van der Waals surface area (Å²) < 4.78 is 4.74. The molecule has 2 N–H and O–H groups in total. The van der Waals surface area contributed by atoms with Crippen molar-refractivity contribution in [1.29, 1.82) is 0 Å². The van der Waals surface area contributed by atoms with Gasteiger partial charge in [0, 0.05) is 0 Å². The third-order valence-corrected chi connectivity index (χ3v) is 1.24. The van der Waals surface area contributed by atoms with Gasteiger partial charge in [-0.2, -0.15) is 0 Å². The van der Waals surface area contributed by atoms with Gasteiger partial charge in [0.15, 0.2) is 5.76 Å². The van der Waals surface area contributed by atoms with Gasteiger partial charge in [0.05, 0.1) is 6.26 Å². The molecule has 1 aromatic rings. The lowest BCUT2D eigenvalue weighted by atomic mass is 10.5. The number of nitrogens with two attached hydrogens (primary N) is 1. The number of furan rings is 1. The minimum Gasteiger partial charge on any atom is -0.460 e. The Morgan fingerprint density at radius 2 is 2.56 bits per heavy atom. The third kappa shape index (κ3) is 1.34. The van der Waals surface area contributed by atoms with Gasteiger partial charge in [-0.3, -0.25) is 9.93 Å². The van der Waals surface area contributed by atoms with Crippen LogP contribution < -0.4 is 5.14 Å². The van der Waals surface area contributed by atoms with Gasteiger partial charge in [-0.25, -0.2) is 0 Å². The van der Waals surface area contributed by atoms with E-state index >= 15 is 0 Å². The SMILES string of the molecule is NSC(=O)c1ccco1. The summed E-state index contributed by atoms with van der Waals surface area (Å²) in [4.78, 5) is 10.6. The minimum absolute atomic E-state index is 0.250. The highest BCUT2D eigenvalue weighted by Gasteiger charge is 2.04. The van der Waals surface area contributed by atoms with E-state index in [2.05, 4.69) is 0 Å². The quantitative estimate of drug-likeness (QED) is 0.596. The van der Waals surface area contributed by atoms with Crippen LogP contribution >= 0.6 is 11.9 Å². The molecule has 0 aliphatic carbocycles. The van der Waals surface area contributed by atoms with Crippen LogP contribution in [0, 0.1) is 0 Å². The van der Waals surface area contributed by atoms with Crippen molar-refractivity contribution in [1.82, 2.24) is 0 Å². The minimum atomic E-state index is -0.250. The zero-order chi connectivity index (χ0) is 6.69. The van der Waals surface area contributed by atoms with Crippen molar-refractivity contribution in [3.05, 3.63) is 24.2 Å². The number of carbonyl (C=O) groups excluding carboxylic acids is 1. The van der Waals surface area contributed by atoms with Gasteiger partial charge in [-0.15, -0.1) is 0 Å². The van der Waals surface area contributed by atoms with E-state index in [9.17, 15) is 4.79 Å². The summed E-state index contributed by atoms with van der Waals surface area (Å²) in [6.45, 7) is 0. The van der Waals surface area contributed by atoms with Crippen LogP contribution in [0.1, 0.15) is 10.6 Å².